The molecule has 0 saturated heterocycles. The van der Waals surface area contributed by atoms with Crippen LogP contribution in [0.4, 0.5) is 5.69 Å². The minimum Gasteiger partial charge on any atom is -0.274 e. The van der Waals surface area contributed by atoms with Crippen LogP contribution in [0.2, 0.25) is 10.0 Å². The number of benzene rings is 1. The number of para-hydroxylation sites is 1. The number of halogens is 2. The first kappa shape index (κ1) is 17.0. The lowest BCUT2D eigenvalue weighted by Crippen LogP contribution is -2.15. The number of allylic oxidation sites excluding steroid dienone is 4. The molecule has 2 aromatic heterocycles. The largest absolute Gasteiger partial charge is 0.299 e. The molecule has 1 aromatic carbocycles. The summed E-state index contributed by atoms with van der Waals surface area (Å²) in [7, 11) is -4.10. The molecule has 0 amide bonds. The Morgan fingerprint density at radius 2 is 1.85 bits per heavy atom. The van der Waals surface area contributed by atoms with Gasteiger partial charge in [-0.05, 0) is 25.1 Å². The summed E-state index contributed by atoms with van der Waals surface area (Å²) < 4.78 is 29.1. The number of hydrogen-bond donors (Lipinski definition) is 1. The van der Waals surface area contributed by atoms with Crippen molar-refractivity contribution < 1.29 is 8.42 Å². The third-order valence-electron chi connectivity index (χ3n) is 3.71. The first-order valence-electron chi connectivity index (χ1n) is 7.45. The van der Waals surface area contributed by atoms with Crippen LogP contribution in [-0.2, 0) is 10.0 Å². The quantitative estimate of drug-likeness (QED) is 0.714. The molecule has 7 nitrogen and oxygen atoms in total. The Hall–Kier alpha value is -2.42. The van der Waals surface area contributed by atoms with Gasteiger partial charge in [-0.2, -0.15) is 17.9 Å². The number of nitrogens with zero attached hydrogens (tertiary/aromatic N) is 4. The lowest BCUT2D eigenvalue weighted by atomic mass is 10.0. The van der Waals surface area contributed by atoms with E-state index in [-0.39, 0.29) is 21.5 Å². The average Bonchev–Trinajstić information content (AvgIpc) is 2.94. The van der Waals surface area contributed by atoms with Gasteiger partial charge >= 0.3 is 0 Å². The van der Waals surface area contributed by atoms with Gasteiger partial charge < -0.3 is 0 Å². The van der Waals surface area contributed by atoms with Crippen molar-refractivity contribution >= 4 is 50.3 Å². The highest BCUT2D eigenvalue weighted by molar-refractivity contribution is 7.92. The van der Waals surface area contributed by atoms with Crippen LogP contribution in [0.3, 0.4) is 0 Å². The van der Waals surface area contributed by atoms with E-state index in [0.717, 1.165) is 5.57 Å². The Morgan fingerprint density at radius 1 is 1.15 bits per heavy atom. The summed E-state index contributed by atoms with van der Waals surface area (Å²) in [5.41, 5.74) is 2.40. The van der Waals surface area contributed by atoms with E-state index in [1.165, 1.54) is 16.6 Å². The van der Waals surface area contributed by atoms with Gasteiger partial charge in [-0.3, -0.25) is 4.72 Å². The number of fused-ring (bicyclic) bond motifs is 1. The number of anilines is 1. The molecule has 0 bridgehead atoms. The summed E-state index contributed by atoms with van der Waals surface area (Å²) in [5, 5.41) is 4.04. The zero-order valence-electron chi connectivity index (χ0n) is 13.3. The van der Waals surface area contributed by atoms with Crippen molar-refractivity contribution in [2.45, 2.75) is 12.1 Å². The van der Waals surface area contributed by atoms with Crippen molar-refractivity contribution in [1.29, 1.82) is 0 Å². The second kappa shape index (κ2) is 6.08. The molecule has 26 heavy (non-hydrogen) atoms. The van der Waals surface area contributed by atoms with Crippen molar-refractivity contribution in [3.8, 4) is 0 Å². The fraction of sp³-hybridized carbons (Fsp3) is 0.0625. The summed E-state index contributed by atoms with van der Waals surface area (Å²) in [4.78, 5) is 8.30. The molecule has 0 saturated carbocycles. The molecule has 2 heterocycles. The van der Waals surface area contributed by atoms with Gasteiger partial charge in [0.25, 0.3) is 21.0 Å². The third-order valence-corrected chi connectivity index (χ3v) is 5.46. The second-order valence-corrected chi connectivity index (χ2v) is 7.96. The molecule has 0 unspecified atom stereocenters. The fourth-order valence-corrected chi connectivity index (χ4v) is 4.00. The van der Waals surface area contributed by atoms with E-state index in [1.807, 2.05) is 24.3 Å². The monoisotopic (exact) mass is 407 g/mol. The maximum absolute atomic E-state index is 12.7. The number of nitrogens with one attached hydrogen (secondary N) is 1. The Balaban J connectivity index is 1.81. The van der Waals surface area contributed by atoms with Crippen LogP contribution >= 0.6 is 23.2 Å². The van der Waals surface area contributed by atoms with Crippen molar-refractivity contribution in [2.24, 2.45) is 0 Å². The molecule has 1 aliphatic carbocycles. The van der Waals surface area contributed by atoms with E-state index in [1.54, 1.807) is 13.0 Å². The summed E-state index contributed by atoms with van der Waals surface area (Å²) >= 11 is 12.1. The predicted octanol–water partition coefficient (Wildman–Crippen LogP) is 3.49. The summed E-state index contributed by atoms with van der Waals surface area (Å²) in [6, 6.07) is 6.48. The van der Waals surface area contributed by atoms with Gasteiger partial charge in [-0.25, -0.2) is 4.98 Å². The smallest absolute Gasteiger partial charge is 0.274 e. The zero-order valence-corrected chi connectivity index (χ0v) is 15.6. The van der Waals surface area contributed by atoms with Crippen LogP contribution in [-0.4, -0.2) is 28.0 Å². The number of aryl methyl sites for hydroxylation is 1. The molecule has 0 aliphatic heterocycles. The van der Waals surface area contributed by atoms with Crippen molar-refractivity contribution in [2.75, 3.05) is 4.72 Å². The topological polar surface area (TPSA) is 89.3 Å². The number of sulfonamides is 1. The van der Waals surface area contributed by atoms with E-state index in [0.29, 0.717) is 11.4 Å². The molecule has 0 atom stereocenters. The van der Waals surface area contributed by atoms with Crippen LogP contribution in [0.25, 0.3) is 11.4 Å². The van der Waals surface area contributed by atoms with E-state index in [4.69, 9.17) is 23.2 Å². The van der Waals surface area contributed by atoms with E-state index < -0.39 is 15.2 Å². The lowest BCUT2D eigenvalue weighted by Gasteiger charge is -2.09. The maximum atomic E-state index is 12.7. The third kappa shape index (κ3) is 2.86. The van der Waals surface area contributed by atoms with E-state index in [2.05, 4.69) is 19.8 Å². The predicted molar refractivity (Wildman–Crippen MR) is 99.9 cm³/mol. The zero-order chi connectivity index (χ0) is 18.5. The number of aromatic nitrogens is 4. The van der Waals surface area contributed by atoms with Gasteiger partial charge in [0.2, 0.25) is 0 Å². The molecule has 3 aromatic rings. The summed E-state index contributed by atoms with van der Waals surface area (Å²) in [6.45, 7) is 1.80. The van der Waals surface area contributed by atoms with Crippen LogP contribution < -0.4 is 4.72 Å². The number of hydrogen-bond acceptors (Lipinski definition) is 5. The molecule has 10 heteroatoms. The molecule has 4 rings (SSSR count). The van der Waals surface area contributed by atoms with Gasteiger partial charge in [0.05, 0.1) is 21.4 Å². The molecule has 0 radical (unpaired) electrons. The molecular formula is C16H11Cl2N5O2S. The molecular weight excluding hydrogens is 397 g/mol. The van der Waals surface area contributed by atoms with Crippen LogP contribution in [0.1, 0.15) is 11.4 Å². The van der Waals surface area contributed by atoms with Crippen molar-refractivity contribution in [3.63, 3.8) is 0 Å². The minimum atomic E-state index is -4.10. The standard InChI is InChI=1S/C16H11Cl2N5O2S/c1-9-8-13(10-4-2-5-10)23-15(19-9)20-16(21-23)26(24,25)22-14-11(17)6-3-7-12(14)18/h2-8,22H,1H3. The van der Waals surface area contributed by atoms with Crippen molar-refractivity contribution in [3.05, 3.63) is 63.9 Å². The first-order chi connectivity index (χ1) is 12.3. The average molecular weight is 408 g/mol. The lowest BCUT2D eigenvalue weighted by molar-refractivity contribution is 0.592. The van der Waals surface area contributed by atoms with Crippen molar-refractivity contribution in [1.82, 2.24) is 19.6 Å². The van der Waals surface area contributed by atoms with Gasteiger partial charge in [-0.1, -0.05) is 47.5 Å². The second-order valence-electron chi connectivity index (χ2n) is 5.57. The normalized spacial score (nSPS) is 13.6. The molecule has 1 aliphatic rings. The maximum Gasteiger partial charge on any atom is 0.299 e. The molecule has 0 fully saturated rings. The molecule has 132 valence electrons. The molecule has 1 N–H and O–H groups in total. The minimum absolute atomic E-state index is 0.0729. The van der Waals surface area contributed by atoms with E-state index in [9.17, 15) is 8.42 Å². The Labute approximate surface area is 159 Å². The van der Waals surface area contributed by atoms with E-state index >= 15 is 0 Å². The van der Waals surface area contributed by atoms with Gasteiger partial charge in [0.1, 0.15) is 0 Å². The number of rotatable bonds is 4. The Bertz CT molecular complexity index is 1190. The highest BCUT2D eigenvalue weighted by Gasteiger charge is 2.25. The summed E-state index contributed by atoms with van der Waals surface area (Å²) in [6.07, 6.45) is 5.67. The Kier molecular flexibility index (Phi) is 3.98. The summed E-state index contributed by atoms with van der Waals surface area (Å²) in [5.74, 6) is 0.187. The van der Waals surface area contributed by atoms with Crippen LogP contribution in [0, 0.1) is 6.92 Å². The highest BCUT2D eigenvalue weighted by Crippen LogP contribution is 2.31. The molecule has 0 spiro atoms. The first-order valence-corrected chi connectivity index (χ1v) is 9.69. The fourth-order valence-electron chi connectivity index (χ4n) is 2.43. The van der Waals surface area contributed by atoms with Gasteiger partial charge in [0.15, 0.2) is 0 Å². The van der Waals surface area contributed by atoms with Crippen LogP contribution in [0.15, 0.2) is 47.6 Å². The van der Waals surface area contributed by atoms with Gasteiger partial charge in [-0.15, -0.1) is 5.10 Å². The Morgan fingerprint density at radius 3 is 2.46 bits per heavy atom. The van der Waals surface area contributed by atoms with Crippen LogP contribution in [0.5, 0.6) is 0 Å². The SMILES string of the molecule is Cc1cc(C2=CC=C2)n2nc(S(=O)(=O)Nc3c(Cl)cccc3Cl)nc2n1. The highest BCUT2D eigenvalue weighted by atomic mass is 35.5. The van der Waals surface area contributed by atoms with Gasteiger partial charge in [0, 0.05) is 11.3 Å².